The fourth-order valence-corrected chi connectivity index (χ4v) is 12.1. The summed E-state index contributed by atoms with van der Waals surface area (Å²) in [6.45, 7) is 98.0. The van der Waals surface area contributed by atoms with Crippen molar-refractivity contribution >= 4 is 6.08 Å². The largest absolute Gasteiger partial charge is 0.454 e. The first-order valence-corrected chi connectivity index (χ1v) is 46.8. The maximum Gasteiger partial charge on any atom is 0.231 e. The highest BCUT2D eigenvalue weighted by atomic mass is 16.7. The third-order valence-corrected chi connectivity index (χ3v) is 19.5. The molecule has 0 spiro atoms. The minimum Gasteiger partial charge on any atom is -0.454 e. The highest BCUT2D eigenvalue weighted by molar-refractivity contribution is 5.56. The lowest BCUT2D eigenvalue weighted by molar-refractivity contribution is 0.0328. The van der Waals surface area contributed by atoms with Crippen LogP contribution in [0.25, 0.3) is 6.08 Å². The van der Waals surface area contributed by atoms with E-state index in [0.29, 0.717) is 24.5 Å². The molecule has 670 valence electrons. The lowest BCUT2D eigenvalue weighted by Crippen LogP contribution is -2.44. The first-order valence-electron chi connectivity index (χ1n) is 46.8. The summed E-state index contributed by atoms with van der Waals surface area (Å²) in [4.78, 5) is 14.7. The third-order valence-electron chi connectivity index (χ3n) is 19.5. The van der Waals surface area contributed by atoms with Gasteiger partial charge in [0, 0.05) is 72.0 Å². The number of hydrogen-bond acceptors (Lipinski definition) is 12. The van der Waals surface area contributed by atoms with Gasteiger partial charge >= 0.3 is 0 Å². The molecule has 2 atom stereocenters. The number of nitrogens with zero attached hydrogens (tertiary/aromatic N) is 6. The van der Waals surface area contributed by atoms with Crippen molar-refractivity contribution in [1.82, 2.24) is 29.4 Å². The number of hydrogen-bond donors (Lipinski definition) is 1. The van der Waals surface area contributed by atoms with Crippen LogP contribution in [0.3, 0.4) is 0 Å². The number of benzene rings is 1. The zero-order chi connectivity index (χ0) is 86.1. The first kappa shape index (κ1) is 120. The number of rotatable bonds is 33. The number of aliphatic hydroxyl groups is 1. The highest BCUT2D eigenvalue weighted by Crippen LogP contribution is 2.33. The number of unbranched alkanes of at least 4 members (excludes halogenated alkanes) is 1. The smallest absolute Gasteiger partial charge is 0.231 e. The summed E-state index contributed by atoms with van der Waals surface area (Å²) in [5.74, 6) is 13.7. The SMILES string of the molecule is CC(C)/C=C/c1ccc2c(c1)OCO2.CC(C)CC(C)C.CC(C)CC(C)C.CC(C)CCCN(C)C.CC(C)CCCN1CCN(C)CC1.CC(C)CCCN1CCOCC1.CC(C)CCN1CCOCC1.CC(C)CN1CCOCC1.CCC(C)C.CCCC(C)C.CCCC(O)C(C)C(C)C.CCCCC(C)C. The number of aliphatic hydroxyl groups excluding tert-OH is 1. The van der Waals surface area contributed by atoms with Crippen LogP contribution in [0.15, 0.2) is 24.3 Å². The molecular formula is C99H208N6O6. The van der Waals surface area contributed by atoms with E-state index in [2.05, 4.69) is 291 Å². The molecule has 1 N–H and O–H groups in total. The van der Waals surface area contributed by atoms with Gasteiger partial charge in [0.15, 0.2) is 11.5 Å². The summed E-state index contributed by atoms with van der Waals surface area (Å²) in [6, 6.07) is 5.98. The predicted octanol–water partition coefficient (Wildman–Crippen LogP) is 26.0. The van der Waals surface area contributed by atoms with Crippen LogP contribution in [-0.2, 0) is 14.2 Å². The number of morpholine rings is 3. The average Bonchev–Trinajstić information content (AvgIpc) is 1.73. The van der Waals surface area contributed by atoms with E-state index in [1.54, 1.807) is 0 Å². The van der Waals surface area contributed by atoms with Crippen molar-refractivity contribution in [2.24, 2.45) is 88.8 Å². The molecule has 2 unspecified atom stereocenters. The zero-order valence-electron chi connectivity index (χ0n) is 82.4. The van der Waals surface area contributed by atoms with Crippen LogP contribution in [0.5, 0.6) is 11.5 Å². The molecule has 6 rings (SSSR count). The van der Waals surface area contributed by atoms with E-state index in [1.807, 2.05) is 18.2 Å². The lowest BCUT2D eigenvalue weighted by atomic mass is 9.90. The molecule has 5 aliphatic rings. The molecule has 4 saturated heterocycles. The van der Waals surface area contributed by atoms with E-state index >= 15 is 0 Å². The summed E-state index contributed by atoms with van der Waals surface area (Å²) in [6.07, 6.45) is 26.6. The molecule has 0 radical (unpaired) electrons. The number of fused-ring (bicyclic) bond motifs is 1. The van der Waals surface area contributed by atoms with E-state index in [4.69, 9.17) is 23.7 Å². The van der Waals surface area contributed by atoms with Crippen molar-refractivity contribution in [2.45, 2.75) is 344 Å². The van der Waals surface area contributed by atoms with Gasteiger partial charge < -0.3 is 43.5 Å². The fraction of sp³-hybridized carbons (Fsp3) is 0.919. The molecule has 4 fully saturated rings. The molecule has 12 heteroatoms. The van der Waals surface area contributed by atoms with Gasteiger partial charge in [0.1, 0.15) is 0 Å². The Kier molecular flexibility index (Phi) is 90.0. The van der Waals surface area contributed by atoms with Crippen molar-refractivity contribution in [2.75, 3.05) is 166 Å². The molecule has 12 nitrogen and oxygen atoms in total. The minimum atomic E-state index is -0.0926. The maximum atomic E-state index is 9.49. The van der Waals surface area contributed by atoms with Gasteiger partial charge in [-0.25, -0.2) is 0 Å². The molecule has 0 aliphatic carbocycles. The number of likely N-dealkylation sites (N-methyl/N-ethyl adjacent to an activating group) is 1. The molecule has 1 aromatic rings. The first-order chi connectivity index (χ1) is 52.1. The van der Waals surface area contributed by atoms with Crippen molar-refractivity contribution in [1.29, 1.82) is 0 Å². The minimum absolute atomic E-state index is 0.0926. The average molecular weight is 1580 g/mol. The molecule has 0 amide bonds. The van der Waals surface area contributed by atoms with Gasteiger partial charge in [0.05, 0.1) is 45.7 Å². The second-order valence-corrected chi connectivity index (χ2v) is 38.7. The van der Waals surface area contributed by atoms with Crippen LogP contribution in [0.4, 0.5) is 0 Å². The van der Waals surface area contributed by atoms with Gasteiger partial charge in [0.25, 0.3) is 0 Å². The van der Waals surface area contributed by atoms with E-state index in [0.717, 1.165) is 180 Å². The summed E-state index contributed by atoms with van der Waals surface area (Å²) >= 11 is 0. The molecule has 0 saturated carbocycles. The number of piperazine rings is 1. The van der Waals surface area contributed by atoms with Gasteiger partial charge in [-0.3, -0.25) is 14.7 Å². The Morgan fingerprint density at radius 1 is 0.387 bits per heavy atom. The molecule has 5 heterocycles. The second kappa shape index (κ2) is 83.2. The molecule has 111 heavy (non-hydrogen) atoms. The fourth-order valence-electron chi connectivity index (χ4n) is 12.1. The predicted molar refractivity (Wildman–Crippen MR) is 500 cm³/mol. The third kappa shape index (κ3) is 98.6. The zero-order valence-corrected chi connectivity index (χ0v) is 82.4. The molecule has 0 aromatic heterocycles. The second-order valence-electron chi connectivity index (χ2n) is 38.7. The topological polar surface area (TPSA) is 85.8 Å². The van der Waals surface area contributed by atoms with Gasteiger partial charge in [-0.2, -0.15) is 0 Å². The van der Waals surface area contributed by atoms with Crippen molar-refractivity contribution in [3.05, 3.63) is 29.8 Å². The van der Waals surface area contributed by atoms with Crippen LogP contribution >= 0.6 is 0 Å². The molecule has 5 aliphatic heterocycles. The van der Waals surface area contributed by atoms with Crippen molar-refractivity contribution in [3.8, 4) is 11.5 Å². The van der Waals surface area contributed by atoms with Gasteiger partial charge in [-0.15, -0.1) is 0 Å². The van der Waals surface area contributed by atoms with Crippen molar-refractivity contribution in [3.63, 3.8) is 0 Å². The van der Waals surface area contributed by atoms with Crippen LogP contribution in [0.2, 0.25) is 0 Å². The van der Waals surface area contributed by atoms with E-state index in [-0.39, 0.29) is 6.10 Å². The normalized spacial score (nSPS) is 16.0. The Balaban J connectivity index is -0.000000274. The van der Waals surface area contributed by atoms with Crippen molar-refractivity contribution < 1.29 is 28.8 Å². The Morgan fingerprint density at radius 2 is 0.757 bits per heavy atom. The van der Waals surface area contributed by atoms with Crippen LogP contribution in [0, 0.1) is 88.8 Å². The van der Waals surface area contributed by atoms with E-state index < -0.39 is 0 Å². The van der Waals surface area contributed by atoms with Crippen LogP contribution in [0.1, 0.15) is 343 Å². The lowest BCUT2D eigenvalue weighted by Gasteiger charge is -2.32. The van der Waals surface area contributed by atoms with Gasteiger partial charge in [-0.1, -0.05) is 292 Å². The maximum absolute atomic E-state index is 9.49. The number of allylic oxidation sites excluding steroid dienone is 1. The highest BCUT2D eigenvalue weighted by Gasteiger charge is 2.18. The molecular weight excluding hydrogens is 1370 g/mol. The Hall–Kier alpha value is -1.84. The monoisotopic (exact) mass is 1580 g/mol. The number of ether oxygens (including phenoxy) is 5. The Morgan fingerprint density at radius 3 is 1.07 bits per heavy atom. The molecule has 1 aromatic carbocycles. The van der Waals surface area contributed by atoms with E-state index in [1.165, 1.54) is 155 Å². The quantitative estimate of drug-likeness (QED) is 0.0727. The standard InChI is InChI=1S/C12H14O2.C11H24N2.C10H21NO.C9H19NO.C9H20O.C8H17NO.C8H19N.3C7H16.C6H14.C5H12/c1-9(2)3-4-10-5-6-11-12(7-10)14-8-13-11;1-11(2)5-4-6-13-9-7-12(3)8-10-13;1-10(2)4-3-5-11-6-8-12-9-7-11;1-9(2)3-4-10-5-7-11-8-6-10;1-5-6-9(10)8(4)7(2)3;1-8(2)7-9-3-5-10-6-4-9;1-8(2)6-5-7-9(3)4;2*1-6(2)5-7(3)4;1-4-5-6-7(2)3;1-4-5-6(2)3;1-4-5(2)3/h3-7,9H,8H2,1-2H3;11H,4-10H2,1-3H3;10H,3-9H2,1-2H3;9H,3-8H2,1-2H3;7-10H,5-6H2,1-4H3;8H,3-7H2,1-2H3;8H,5-7H2,1-4H3;2*6-7H,5H2,1-4H3;7H,4-6H2,1-3H3;6H,4-5H2,1-3H3;5H,4H2,1-3H3/b4-3+;;;;;;;;;;;. The van der Waals surface area contributed by atoms with Gasteiger partial charge in [-0.05, 0) is 218 Å². The summed E-state index contributed by atoms with van der Waals surface area (Å²) in [7, 11) is 6.46. The summed E-state index contributed by atoms with van der Waals surface area (Å²) in [5.41, 5.74) is 1.16. The Labute approximate surface area is 700 Å². The molecule has 0 bridgehead atoms. The van der Waals surface area contributed by atoms with Crippen LogP contribution < -0.4 is 9.47 Å². The Bertz CT molecular complexity index is 1950. The summed E-state index contributed by atoms with van der Waals surface area (Å²) in [5, 5.41) is 9.49. The van der Waals surface area contributed by atoms with E-state index in [9.17, 15) is 5.11 Å². The van der Waals surface area contributed by atoms with Crippen LogP contribution in [-0.4, -0.2) is 206 Å². The van der Waals surface area contributed by atoms with Gasteiger partial charge in [0.2, 0.25) is 6.79 Å². The summed E-state index contributed by atoms with van der Waals surface area (Å²) < 4.78 is 26.3.